The summed E-state index contributed by atoms with van der Waals surface area (Å²) in [4.78, 5) is 22.6. The maximum absolute atomic E-state index is 11.4. The number of nitrogens with zero attached hydrogens (tertiary/aromatic N) is 1. The zero-order valence-electron chi connectivity index (χ0n) is 19.3. The van der Waals surface area contributed by atoms with Crippen molar-refractivity contribution < 1.29 is 24.5 Å². The van der Waals surface area contributed by atoms with E-state index in [4.69, 9.17) is 4.74 Å². The first-order valence-corrected chi connectivity index (χ1v) is 11.5. The maximum atomic E-state index is 11.4. The minimum atomic E-state index is -0.980. The van der Waals surface area contributed by atoms with Gasteiger partial charge in [0.2, 0.25) is 0 Å². The number of aliphatic carboxylic acids is 2. The first-order valence-electron chi connectivity index (χ1n) is 11.5. The van der Waals surface area contributed by atoms with E-state index in [1.165, 1.54) is 5.56 Å². The van der Waals surface area contributed by atoms with Gasteiger partial charge < -0.3 is 19.5 Å². The second kappa shape index (κ2) is 11.2. The molecule has 0 radical (unpaired) electrons. The fourth-order valence-corrected chi connectivity index (χ4v) is 4.15. The summed E-state index contributed by atoms with van der Waals surface area (Å²) < 4.78 is 7.44. The summed E-state index contributed by atoms with van der Waals surface area (Å²) in [6, 6.07) is 23.7. The van der Waals surface area contributed by atoms with Crippen LogP contribution in [-0.2, 0) is 29.0 Å². The number of carboxylic acid groups (broad SMARTS) is 2. The molecule has 0 fully saturated rings. The van der Waals surface area contributed by atoms with E-state index in [1.807, 2.05) is 72.8 Å². The van der Waals surface area contributed by atoms with Crippen LogP contribution in [0, 0.1) is 0 Å². The molecule has 35 heavy (non-hydrogen) atoms. The number of aromatic nitrogens is 1. The minimum absolute atomic E-state index is 0.176. The van der Waals surface area contributed by atoms with Crippen LogP contribution in [0.4, 0.5) is 0 Å². The van der Waals surface area contributed by atoms with Crippen molar-refractivity contribution in [3.05, 3.63) is 101 Å². The zero-order chi connectivity index (χ0) is 24.6. The van der Waals surface area contributed by atoms with Crippen LogP contribution in [0.15, 0.2) is 79.0 Å². The molecule has 0 atom stereocenters. The molecule has 6 heteroatoms. The number of hydrogen-bond donors (Lipinski definition) is 2. The lowest BCUT2D eigenvalue weighted by Crippen LogP contribution is -2.07. The van der Waals surface area contributed by atoms with E-state index in [0.717, 1.165) is 35.1 Å². The zero-order valence-corrected chi connectivity index (χ0v) is 19.3. The molecule has 178 valence electrons. The smallest absolute Gasteiger partial charge is 0.323 e. The monoisotopic (exact) mass is 469 g/mol. The van der Waals surface area contributed by atoms with Crippen LogP contribution in [0.2, 0.25) is 0 Å². The molecule has 0 spiro atoms. The van der Waals surface area contributed by atoms with Gasteiger partial charge in [0.1, 0.15) is 12.3 Å². The number of fused-ring (bicyclic) bond motifs is 1. The third-order valence-corrected chi connectivity index (χ3v) is 5.72. The van der Waals surface area contributed by atoms with Crippen molar-refractivity contribution in [2.45, 2.75) is 25.8 Å². The van der Waals surface area contributed by atoms with E-state index in [0.29, 0.717) is 17.7 Å². The molecular formula is C29H27NO5. The number of carboxylic acids is 2. The molecule has 1 aromatic heterocycles. The van der Waals surface area contributed by atoms with Crippen LogP contribution in [0.5, 0.6) is 5.75 Å². The lowest BCUT2D eigenvalue weighted by atomic mass is 10.0. The van der Waals surface area contributed by atoms with Gasteiger partial charge in [0, 0.05) is 17.1 Å². The second-order valence-electron chi connectivity index (χ2n) is 8.33. The largest absolute Gasteiger partial charge is 0.494 e. The third-order valence-electron chi connectivity index (χ3n) is 5.72. The van der Waals surface area contributed by atoms with Gasteiger partial charge in [-0.25, -0.2) is 0 Å². The molecule has 0 aliphatic carbocycles. The SMILES string of the molecule is O=C(O)Cc1cn(CC(=O)O)c2cccc(/C=C/c3ccc(OCCCc4ccccc4)cc3)c12. The molecule has 4 rings (SSSR count). The van der Waals surface area contributed by atoms with Crippen LogP contribution >= 0.6 is 0 Å². The minimum Gasteiger partial charge on any atom is -0.494 e. The molecule has 0 aliphatic rings. The number of rotatable bonds is 11. The van der Waals surface area contributed by atoms with Crippen LogP contribution in [-0.4, -0.2) is 33.3 Å². The fraction of sp³-hybridized carbons (Fsp3) is 0.172. The van der Waals surface area contributed by atoms with Crippen LogP contribution < -0.4 is 4.74 Å². The van der Waals surface area contributed by atoms with Crippen LogP contribution in [0.3, 0.4) is 0 Å². The lowest BCUT2D eigenvalue weighted by Gasteiger charge is -2.07. The van der Waals surface area contributed by atoms with E-state index in [2.05, 4.69) is 12.1 Å². The third kappa shape index (κ3) is 6.38. The molecule has 0 amide bonds. The summed E-state index contributed by atoms with van der Waals surface area (Å²) in [7, 11) is 0. The average Bonchev–Trinajstić information content (AvgIpc) is 3.18. The summed E-state index contributed by atoms with van der Waals surface area (Å²) in [5.41, 5.74) is 4.40. The van der Waals surface area contributed by atoms with Crippen molar-refractivity contribution in [2.24, 2.45) is 0 Å². The van der Waals surface area contributed by atoms with E-state index in [9.17, 15) is 19.8 Å². The molecule has 2 N–H and O–H groups in total. The molecule has 1 heterocycles. The van der Waals surface area contributed by atoms with Gasteiger partial charge in [-0.2, -0.15) is 0 Å². The van der Waals surface area contributed by atoms with Gasteiger partial charge in [0.25, 0.3) is 0 Å². The molecule has 0 aliphatic heterocycles. The molecular weight excluding hydrogens is 442 g/mol. The second-order valence-corrected chi connectivity index (χ2v) is 8.33. The van der Waals surface area contributed by atoms with Crippen LogP contribution in [0.25, 0.3) is 23.1 Å². The number of aryl methyl sites for hydroxylation is 1. The van der Waals surface area contributed by atoms with Gasteiger partial charge in [-0.3, -0.25) is 9.59 Å². The van der Waals surface area contributed by atoms with Gasteiger partial charge in [-0.15, -0.1) is 0 Å². The van der Waals surface area contributed by atoms with Crippen molar-refractivity contribution in [3.63, 3.8) is 0 Å². The molecule has 0 saturated carbocycles. The first-order chi connectivity index (χ1) is 17.0. The van der Waals surface area contributed by atoms with E-state index in [1.54, 1.807) is 10.8 Å². The van der Waals surface area contributed by atoms with Gasteiger partial charge in [-0.05, 0) is 53.3 Å². The molecule has 0 bridgehead atoms. The number of carbonyl (C=O) groups is 2. The molecule has 4 aromatic rings. The number of ether oxygens (including phenoxy) is 1. The summed E-state index contributed by atoms with van der Waals surface area (Å²) in [5.74, 6) is -1.13. The van der Waals surface area contributed by atoms with Crippen molar-refractivity contribution in [2.75, 3.05) is 6.61 Å². The van der Waals surface area contributed by atoms with Gasteiger partial charge in [0.15, 0.2) is 0 Å². The normalized spacial score (nSPS) is 11.2. The Kier molecular flexibility index (Phi) is 7.63. The van der Waals surface area contributed by atoms with Crippen LogP contribution in [0.1, 0.15) is 28.7 Å². The Labute approximate surface area is 203 Å². The predicted molar refractivity (Wildman–Crippen MR) is 137 cm³/mol. The van der Waals surface area contributed by atoms with Gasteiger partial charge in [-0.1, -0.05) is 66.7 Å². The molecule has 3 aromatic carbocycles. The summed E-state index contributed by atoms with van der Waals surface area (Å²) >= 11 is 0. The van der Waals surface area contributed by atoms with E-state index >= 15 is 0 Å². The highest BCUT2D eigenvalue weighted by Gasteiger charge is 2.15. The quantitative estimate of drug-likeness (QED) is 0.223. The standard InChI is InChI=1S/C29H27NO5/c31-27(32)18-24-19-30(20-28(33)34)26-10-4-9-23(29(24)26)14-11-22-12-15-25(16-13-22)35-17-5-8-21-6-2-1-3-7-21/h1-4,6-7,9-16,19H,5,8,17-18,20H2,(H,31,32)(H,33,34)/b14-11+. The first kappa shape index (κ1) is 23.8. The Balaban J connectivity index is 1.45. The fourth-order valence-electron chi connectivity index (χ4n) is 4.15. The Morgan fingerprint density at radius 3 is 2.34 bits per heavy atom. The predicted octanol–water partition coefficient (Wildman–Crippen LogP) is 5.54. The van der Waals surface area contributed by atoms with Crippen molar-refractivity contribution in [1.29, 1.82) is 0 Å². The van der Waals surface area contributed by atoms with E-state index < -0.39 is 11.9 Å². The van der Waals surface area contributed by atoms with Crippen molar-refractivity contribution >= 4 is 35.0 Å². The topological polar surface area (TPSA) is 88.8 Å². The Bertz CT molecular complexity index is 1340. The van der Waals surface area contributed by atoms with Gasteiger partial charge >= 0.3 is 11.9 Å². The lowest BCUT2D eigenvalue weighted by molar-refractivity contribution is -0.138. The molecule has 6 nitrogen and oxygen atoms in total. The molecule has 0 unspecified atom stereocenters. The van der Waals surface area contributed by atoms with Crippen molar-refractivity contribution in [1.82, 2.24) is 4.57 Å². The Morgan fingerprint density at radius 2 is 1.63 bits per heavy atom. The summed E-state index contributed by atoms with van der Waals surface area (Å²) in [6.45, 7) is 0.419. The Hall–Kier alpha value is -4.32. The Morgan fingerprint density at radius 1 is 0.857 bits per heavy atom. The number of benzene rings is 3. The highest BCUT2D eigenvalue weighted by molar-refractivity contribution is 5.96. The highest BCUT2D eigenvalue weighted by Crippen LogP contribution is 2.28. The highest BCUT2D eigenvalue weighted by atomic mass is 16.5. The summed E-state index contributed by atoms with van der Waals surface area (Å²) in [5, 5.41) is 19.3. The average molecular weight is 470 g/mol. The van der Waals surface area contributed by atoms with E-state index in [-0.39, 0.29) is 13.0 Å². The number of hydrogen-bond acceptors (Lipinski definition) is 3. The van der Waals surface area contributed by atoms with Gasteiger partial charge in [0.05, 0.1) is 13.0 Å². The molecule has 0 saturated heterocycles. The maximum Gasteiger partial charge on any atom is 0.323 e. The summed E-state index contributed by atoms with van der Waals surface area (Å²) in [6.07, 6.45) is 7.24. The van der Waals surface area contributed by atoms with Crippen molar-refractivity contribution in [3.8, 4) is 5.75 Å².